The maximum absolute atomic E-state index is 13.4. The van der Waals surface area contributed by atoms with Crippen molar-refractivity contribution in [2.75, 3.05) is 5.32 Å². The van der Waals surface area contributed by atoms with Crippen LogP contribution in [0, 0.1) is 18.7 Å². The van der Waals surface area contributed by atoms with Crippen molar-refractivity contribution in [3.05, 3.63) is 29.6 Å². The van der Waals surface area contributed by atoms with Crippen LogP contribution in [0.15, 0.2) is 18.2 Å². The summed E-state index contributed by atoms with van der Waals surface area (Å²) in [7, 11) is 0. The van der Waals surface area contributed by atoms with Gasteiger partial charge in [0, 0.05) is 17.3 Å². The van der Waals surface area contributed by atoms with Gasteiger partial charge in [0.1, 0.15) is 5.82 Å². The molecule has 1 nitrogen and oxygen atoms in total. The lowest BCUT2D eigenvalue weighted by atomic mass is 9.85. The van der Waals surface area contributed by atoms with E-state index in [0.29, 0.717) is 24.1 Å². The number of alkyl halides is 3. The summed E-state index contributed by atoms with van der Waals surface area (Å²) in [6.45, 7) is 1.63. The standard InChI is InChI=1S/C14H17F4N/c1-9-12(15)6-3-7-13(9)19-11-5-2-4-10(8-11)14(16,17)18/h3,6-7,10-11,19H,2,4-5,8H2,1H3. The van der Waals surface area contributed by atoms with Crippen molar-refractivity contribution >= 4 is 5.69 Å². The normalized spacial score (nSPS) is 24.3. The van der Waals surface area contributed by atoms with Crippen LogP contribution in [0.5, 0.6) is 0 Å². The van der Waals surface area contributed by atoms with Crippen molar-refractivity contribution in [2.45, 2.75) is 44.8 Å². The topological polar surface area (TPSA) is 12.0 Å². The van der Waals surface area contributed by atoms with E-state index in [-0.39, 0.29) is 24.7 Å². The number of benzene rings is 1. The van der Waals surface area contributed by atoms with Crippen LogP contribution >= 0.6 is 0 Å². The van der Waals surface area contributed by atoms with Crippen molar-refractivity contribution in [3.8, 4) is 0 Å². The van der Waals surface area contributed by atoms with Crippen LogP contribution in [0.1, 0.15) is 31.2 Å². The van der Waals surface area contributed by atoms with Crippen LogP contribution in [-0.4, -0.2) is 12.2 Å². The lowest BCUT2D eigenvalue weighted by Crippen LogP contribution is -2.34. The Morgan fingerprint density at radius 3 is 2.63 bits per heavy atom. The second kappa shape index (κ2) is 5.39. The highest BCUT2D eigenvalue weighted by Gasteiger charge is 2.42. The molecule has 0 amide bonds. The third-order valence-electron chi connectivity index (χ3n) is 3.76. The van der Waals surface area contributed by atoms with Crippen LogP contribution in [-0.2, 0) is 0 Å². The zero-order chi connectivity index (χ0) is 14.0. The Morgan fingerprint density at radius 2 is 1.95 bits per heavy atom. The molecule has 1 aliphatic rings. The summed E-state index contributed by atoms with van der Waals surface area (Å²) in [4.78, 5) is 0. The molecule has 0 saturated heterocycles. The molecule has 0 heterocycles. The molecule has 2 unspecified atom stereocenters. The summed E-state index contributed by atoms with van der Waals surface area (Å²) < 4.78 is 51.5. The molecule has 1 N–H and O–H groups in total. The molecule has 1 aliphatic carbocycles. The summed E-state index contributed by atoms with van der Waals surface area (Å²) in [5, 5.41) is 3.05. The van der Waals surface area contributed by atoms with Crippen molar-refractivity contribution in [3.63, 3.8) is 0 Å². The average Bonchev–Trinajstić information content (AvgIpc) is 2.34. The second-order valence-corrected chi connectivity index (χ2v) is 5.16. The molecule has 0 radical (unpaired) electrons. The molecule has 2 rings (SSSR count). The third kappa shape index (κ3) is 3.39. The zero-order valence-electron chi connectivity index (χ0n) is 10.7. The molecule has 106 valence electrons. The van der Waals surface area contributed by atoms with E-state index in [9.17, 15) is 17.6 Å². The molecule has 1 aromatic rings. The van der Waals surface area contributed by atoms with E-state index < -0.39 is 12.1 Å². The number of halogens is 4. The summed E-state index contributed by atoms with van der Waals surface area (Å²) in [5.41, 5.74) is 1.05. The number of rotatable bonds is 2. The molecule has 1 saturated carbocycles. The first kappa shape index (κ1) is 14.2. The van der Waals surface area contributed by atoms with Crippen LogP contribution in [0.25, 0.3) is 0 Å². The minimum Gasteiger partial charge on any atom is -0.382 e. The van der Waals surface area contributed by atoms with Crippen LogP contribution in [0.3, 0.4) is 0 Å². The molecule has 1 aromatic carbocycles. The highest BCUT2D eigenvalue weighted by molar-refractivity contribution is 5.51. The minimum absolute atomic E-state index is 0.0689. The first-order valence-electron chi connectivity index (χ1n) is 6.46. The first-order valence-corrected chi connectivity index (χ1v) is 6.46. The van der Waals surface area contributed by atoms with Gasteiger partial charge < -0.3 is 5.32 Å². The number of hydrogen-bond acceptors (Lipinski definition) is 1. The quantitative estimate of drug-likeness (QED) is 0.773. The predicted molar refractivity (Wildman–Crippen MR) is 66.6 cm³/mol. The molecule has 19 heavy (non-hydrogen) atoms. The fourth-order valence-electron chi connectivity index (χ4n) is 2.60. The van der Waals surface area contributed by atoms with Crippen molar-refractivity contribution in [1.82, 2.24) is 0 Å². The van der Waals surface area contributed by atoms with Gasteiger partial charge in [-0.3, -0.25) is 0 Å². The van der Waals surface area contributed by atoms with Gasteiger partial charge in [0.15, 0.2) is 0 Å². The van der Waals surface area contributed by atoms with Gasteiger partial charge in [-0.1, -0.05) is 12.5 Å². The highest BCUT2D eigenvalue weighted by Crippen LogP contribution is 2.38. The smallest absolute Gasteiger partial charge is 0.382 e. The minimum atomic E-state index is -4.13. The Labute approximate surface area is 110 Å². The van der Waals surface area contributed by atoms with E-state index in [0.717, 1.165) is 0 Å². The molecule has 5 heteroatoms. The Bertz CT molecular complexity index is 442. The fraction of sp³-hybridized carbons (Fsp3) is 0.571. The molecule has 0 spiro atoms. The van der Waals surface area contributed by atoms with Crippen molar-refractivity contribution in [2.24, 2.45) is 5.92 Å². The van der Waals surface area contributed by atoms with E-state index in [1.54, 1.807) is 19.1 Å². The van der Waals surface area contributed by atoms with E-state index in [4.69, 9.17) is 0 Å². The average molecular weight is 275 g/mol. The van der Waals surface area contributed by atoms with Gasteiger partial charge in [0.25, 0.3) is 0 Å². The monoisotopic (exact) mass is 275 g/mol. The Hall–Kier alpha value is -1.26. The van der Waals surface area contributed by atoms with Gasteiger partial charge in [-0.15, -0.1) is 0 Å². The van der Waals surface area contributed by atoms with E-state index >= 15 is 0 Å². The first-order chi connectivity index (χ1) is 8.88. The van der Waals surface area contributed by atoms with Crippen molar-refractivity contribution < 1.29 is 17.6 Å². The molecule has 2 atom stereocenters. The highest BCUT2D eigenvalue weighted by atomic mass is 19.4. The number of hydrogen-bond donors (Lipinski definition) is 1. The second-order valence-electron chi connectivity index (χ2n) is 5.16. The molecular weight excluding hydrogens is 258 g/mol. The van der Waals surface area contributed by atoms with Crippen LogP contribution < -0.4 is 5.32 Å². The summed E-state index contributed by atoms with van der Waals surface area (Å²) in [5.74, 6) is -1.58. The molecule has 1 fully saturated rings. The lowest BCUT2D eigenvalue weighted by Gasteiger charge is -2.32. The molecule has 0 bridgehead atoms. The maximum Gasteiger partial charge on any atom is 0.391 e. The van der Waals surface area contributed by atoms with E-state index in [2.05, 4.69) is 5.32 Å². The third-order valence-corrected chi connectivity index (χ3v) is 3.76. The van der Waals surface area contributed by atoms with Gasteiger partial charge in [-0.25, -0.2) is 4.39 Å². The zero-order valence-corrected chi connectivity index (χ0v) is 10.7. The largest absolute Gasteiger partial charge is 0.391 e. The lowest BCUT2D eigenvalue weighted by molar-refractivity contribution is -0.182. The molecule has 0 aliphatic heterocycles. The van der Waals surface area contributed by atoms with Gasteiger partial charge in [-0.05, 0) is 38.3 Å². The van der Waals surface area contributed by atoms with Gasteiger partial charge >= 0.3 is 6.18 Å². The van der Waals surface area contributed by atoms with Crippen molar-refractivity contribution in [1.29, 1.82) is 0 Å². The van der Waals surface area contributed by atoms with Gasteiger partial charge in [0.2, 0.25) is 0 Å². The molecule has 0 aromatic heterocycles. The Kier molecular flexibility index (Phi) is 4.02. The predicted octanol–water partition coefficient (Wildman–Crippen LogP) is 4.67. The molecular formula is C14H17F4N. The van der Waals surface area contributed by atoms with Gasteiger partial charge in [0.05, 0.1) is 5.92 Å². The summed E-state index contributed by atoms with van der Waals surface area (Å²) in [6.07, 6.45) is -2.61. The fourth-order valence-corrected chi connectivity index (χ4v) is 2.60. The van der Waals surface area contributed by atoms with Crippen LogP contribution in [0.4, 0.5) is 23.2 Å². The van der Waals surface area contributed by atoms with E-state index in [1.165, 1.54) is 6.07 Å². The Balaban J connectivity index is 2.05. The van der Waals surface area contributed by atoms with Crippen LogP contribution in [0.2, 0.25) is 0 Å². The number of nitrogens with one attached hydrogen (secondary N) is 1. The Morgan fingerprint density at radius 1 is 1.21 bits per heavy atom. The SMILES string of the molecule is Cc1c(F)cccc1NC1CCCC(C(F)(F)F)C1. The number of anilines is 1. The maximum atomic E-state index is 13.4. The van der Waals surface area contributed by atoms with Gasteiger partial charge in [-0.2, -0.15) is 13.2 Å². The summed E-state index contributed by atoms with van der Waals surface area (Å²) in [6, 6.07) is 4.38. The summed E-state index contributed by atoms with van der Waals surface area (Å²) >= 11 is 0. The van der Waals surface area contributed by atoms with E-state index in [1.807, 2.05) is 0 Å².